The predicted molar refractivity (Wildman–Crippen MR) is 119 cm³/mol. The molecule has 1 fully saturated rings. The Balaban J connectivity index is 2.79. The van der Waals surface area contributed by atoms with Crippen molar-refractivity contribution in [2.24, 2.45) is 0 Å². The van der Waals surface area contributed by atoms with Crippen LogP contribution in [0.4, 0.5) is 0 Å². The first kappa shape index (κ1) is 19.1. The summed E-state index contributed by atoms with van der Waals surface area (Å²) in [7, 11) is 0. The van der Waals surface area contributed by atoms with Crippen molar-refractivity contribution in [3.05, 3.63) is 32.1 Å². The maximum absolute atomic E-state index is 5.67. The lowest BCUT2D eigenvalue weighted by Gasteiger charge is -2.13. The average Bonchev–Trinajstić information content (AvgIpc) is 2.93. The topological polar surface area (TPSA) is 0 Å². The van der Waals surface area contributed by atoms with Gasteiger partial charge in [-0.1, -0.05) is 38.3 Å². The van der Waals surface area contributed by atoms with Crippen molar-refractivity contribution < 1.29 is 0 Å². The van der Waals surface area contributed by atoms with E-state index in [0.717, 1.165) is 28.1 Å². The van der Waals surface area contributed by atoms with Gasteiger partial charge in [-0.15, -0.1) is 23.5 Å². The highest BCUT2D eigenvalue weighted by Gasteiger charge is 2.40. The van der Waals surface area contributed by atoms with Crippen LogP contribution in [0.5, 0.6) is 0 Å². The normalized spacial score (nSPS) is 26.1. The van der Waals surface area contributed by atoms with E-state index in [9.17, 15) is 0 Å². The number of allylic oxidation sites excluding steroid dienone is 4. The molecule has 2 unspecified atom stereocenters. The summed E-state index contributed by atoms with van der Waals surface area (Å²) >= 11 is 24.2. The summed E-state index contributed by atoms with van der Waals surface area (Å²) in [6.45, 7) is 4.44. The van der Waals surface area contributed by atoms with Gasteiger partial charge in [-0.3, -0.25) is 0 Å². The Bertz CT molecular complexity index is 571. The van der Waals surface area contributed by atoms with E-state index in [1.54, 1.807) is 11.8 Å². The summed E-state index contributed by atoms with van der Waals surface area (Å²) in [5.74, 6) is 0. The van der Waals surface area contributed by atoms with Gasteiger partial charge >= 0.3 is 0 Å². The van der Waals surface area contributed by atoms with Crippen molar-refractivity contribution in [3.63, 3.8) is 0 Å². The fraction of sp³-hybridized carbons (Fsp3) is 0.500. The third kappa shape index (κ3) is 2.93. The van der Waals surface area contributed by atoms with Gasteiger partial charge in [0.25, 0.3) is 0 Å². The highest BCUT2D eigenvalue weighted by atomic mass is 32.2. The van der Waals surface area contributed by atoms with E-state index in [-0.39, 0.29) is 10.5 Å². The molecule has 0 N–H and O–H groups in total. The SMILES string of the molecule is CCC1=C(CC)C(=C2C(=S)C(S)C(S)C2=S)C(SC)=C1SC. The first-order valence-electron chi connectivity index (χ1n) is 7.18. The van der Waals surface area contributed by atoms with Crippen molar-refractivity contribution in [1.29, 1.82) is 0 Å². The molecule has 0 spiro atoms. The lowest BCUT2D eigenvalue weighted by molar-refractivity contribution is 1.05. The molecule has 22 heavy (non-hydrogen) atoms. The Morgan fingerprint density at radius 1 is 0.818 bits per heavy atom. The number of hydrogen-bond donors (Lipinski definition) is 2. The van der Waals surface area contributed by atoms with Gasteiger partial charge in [0, 0.05) is 30.7 Å². The van der Waals surface area contributed by atoms with E-state index in [0.29, 0.717) is 0 Å². The summed E-state index contributed by atoms with van der Waals surface area (Å²) in [6, 6.07) is 0. The number of thiol groups is 2. The molecule has 0 aromatic rings. The molecule has 0 radical (unpaired) electrons. The van der Waals surface area contributed by atoms with Crippen LogP contribution in [0.3, 0.4) is 0 Å². The van der Waals surface area contributed by atoms with Gasteiger partial charge in [0.2, 0.25) is 0 Å². The molecular weight excluding hydrogens is 385 g/mol. The van der Waals surface area contributed by atoms with E-state index in [2.05, 4.69) is 51.6 Å². The molecule has 2 aliphatic carbocycles. The fourth-order valence-electron chi connectivity index (χ4n) is 3.07. The minimum absolute atomic E-state index is 0.0575. The first-order valence-corrected chi connectivity index (χ1v) is 11.5. The van der Waals surface area contributed by atoms with Crippen molar-refractivity contribution in [2.75, 3.05) is 12.5 Å². The summed E-state index contributed by atoms with van der Waals surface area (Å²) in [4.78, 5) is 4.43. The molecular formula is C16H20S6. The fourth-order valence-corrected chi connectivity index (χ4v) is 6.62. The number of rotatable bonds is 4. The smallest absolute Gasteiger partial charge is 0.0541 e. The molecule has 0 heterocycles. The van der Waals surface area contributed by atoms with Crippen LogP contribution < -0.4 is 0 Å². The van der Waals surface area contributed by atoms with Gasteiger partial charge < -0.3 is 0 Å². The standard InChI is InChI=1S/C16H20S6/c1-5-7-8(6-2)15(21-3)16(22-4)9(7)10-11(17)13(19)14(20)12(10)18/h13-14,19-20H,5-6H2,1-4H3. The van der Waals surface area contributed by atoms with Crippen molar-refractivity contribution in [1.82, 2.24) is 0 Å². The van der Waals surface area contributed by atoms with Crippen LogP contribution in [-0.2, 0) is 0 Å². The number of thiocarbonyl (C=S) groups is 2. The molecule has 0 saturated heterocycles. The largest absolute Gasteiger partial charge is 0.169 e. The second-order valence-corrected chi connectivity index (χ2v) is 8.72. The van der Waals surface area contributed by atoms with E-state index >= 15 is 0 Å². The maximum Gasteiger partial charge on any atom is 0.0541 e. The second kappa shape index (κ2) is 7.79. The minimum Gasteiger partial charge on any atom is -0.169 e. The zero-order valence-electron chi connectivity index (χ0n) is 13.1. The first-order chi connectivity index (χ1) is 10.4. The maximum atomic E-state index is 5.67. The van der Waals surface area contributed by atoms with Crippen LogP contribution in [0.1, 0.15) is 26.7 Å². The molecule has 0 aromatic carbocycles. The minimum atomic E-state index is -0.0575. The molecule has 0 aliphatic heterocycles. The third-order valence-electron chi connectivity index (χ3n) is 4.07. The van der Waals surface area contributed by atoms with Crippen molar-refractivity contribution in [2.45, 2.75) is 37.2 Å². The van der Waals surface area contributed by atoms with Crippen molar-refractivity contribution in [3.8, 4) is 0 Å². The van der Waals surface area contributed by atoms with Gasteiger partial charge in [0.15, 0.2) is 0 Å². The van der Waals surface area contributed by atoms with Crippen LogP contribution >= 0.6 is 73.2 Å². The van der Waals surface area contributed by atoms with Gasteiger partial charge in [-0.25, -0.2) is 0 Å². The monoisotopic (exact) mass is 404 g/mol. The third-order valence-corrected chi connectivity index (χ3v) is 8.49. The Morgan fingerprint density at radius 3 is 1.64 bits per heavy atom. The van der Waals surface area contributed by atoms with Crippen LogP contribution in [-0.4, -0.2) is 32.7 Å². The van der Waals surface area contributed by atoms with Crippen molar-refractivity contribution >= 4 is 82.9 Å². The molecule has 0 nitrogen and oxygen atoms in total. The van der Waals surface area contributed by atoms with E-state index in [4.69, 9.17) is 24.4 Å². The molecule has 120 valence electrons. The predicted octanol–water partition coefficient (Wildman–Crippen LogP) is 5.70. The zero-order chi connectivity index (χ0) is 16.6. The summed E-state index contributed by atoms with van der Waals surface area (Å²) in [5.41, 5.74) is 5.17. The molecule has 6 heteroatoms. The van der Waals surface area contributed by atoms with Crippen LogP contribution in [0.2, 0.25) is 0 Å². The van der Waals surface area contributed by atoms with E-state index < -0.39 is 0 Å². The quantitative estimate of drug-likeness (QED) is 0.350. The van der Waals surface area contributed by atoms with Gasteiger partial charge in [0.1, 0.15) is 0 Å². The van der Waals surface area contributed by atoms with Gasteiger partial charge in [0.05, 0.1) is 10.5 Å². The molecule has 0 bridgehead atoms. The molecule has 2 aliphatic rings. The second-order valence-electron chi connectivity index (χ2n) is 5.10. The summed E-state index contributed by atoms with van der Waals surface area (Å²) in [5, 5.41) is -0.115. The van der Waals surface area contributed by atoms with Crippen LogP contribution in [0, 0.1) is 0 Å². The summed E-state index contributed by atoms with van der Waals surface area (Å²) < 4.78 is 0. The van der Waals surface area contributed by atoms with Crippen LogP contribution in [0.25, 0.3) is 0 Å². The number of hydrogen-bond acceptors (Lipinski definition) is 6. The Labute approximate surface area is 163 Å². The Morgan fingerprint density at radius 2 is 1.27 bits per heavy atom. The van der Waals surface area contributed by atoms with E-state index in [1.165, 1.54) is 26.5 Å². The number of thioether (sulfide) groups is 2. The summed E-state index contributed by atoms with van der Waals surface area (Å²) in [6.07, 6.45) is 6.32. The zero-order valence-corrected chi connectivity index (χ0v) is 18.2. The Kier molecular flexibility index (Phi) is 6.77. The average molecular weight is 405 g/mol. The highest BCUT2D eigenvalue weighted by Crippen LogP contribution is 2.51. The lowest BCUT2D eigenvalue weighted by Crippen LogP contribution is -2.15. The van der Waals surface area contributed by atoms with Crippen LogP contribution in [0.15, 0.2) is 32.1 Å². The molecule has 1 saturated carbocycles. The Hall–Kier alpha value is 0.800. The molecule has 0 amide bonds. The lowest BCUT2D eigenvalue weighted by atomic mass is 9.96. The molecule has 2 rings (SSSR count). The van der Waals surface area contributed by atoms with Gasteiger partial charge in [-0.05, 0) is 36.5 Å². The highest BCUT2D eigenvalue weighted by molar-refractivity contribution is 8.06. The molecule has 2 atom stereocenters. The van der Waals surface area contributed by atoms with Gasteiger partial charge in [-0.2, -0.15) is 25.3 Å². The van der Waals surface area contributed by atoms with E-state index in [1.807, 2.05) is 11.8 Å². The molecule has 0 aromatic heterocycles.